The number of carbonyl (C=O) groups excluding carboxylic acids is 3. The van der Waals surface area contributed by atoms with E-state index in [2.05, 4.69) is 148 Å². The van der Waals surface area contributed by atoms with Gasteiger partial charge >= 0.3 is 11.9 Å². The SMILES string of the molecule is CC/C=C\C/C=C\C/C=C\C/C=C\C/C=C\C/C=C\C/C=C\CCCCCCCCCCCCCCCC(=O)OC(COC(=O)CCCCCCCCCCCCCCCCCCCCCCCC/C=C\C/C=C\C/C=C\C/C=C\CC)COC(OCC[N+](C)(C)C)C(=O)[O-]. The van der Waals surface area contributed by atoms with Gasteiger partial charge < -0.3 is 33.3 Å². The van der Waals surface area contributed by atoms with Crippen LogP contribution in [0.15, 0.2) is 134 Å². The molecule has 0 aliphatic heterocycles. The zero-order valence-electron chi connectivity index (χ0n) is 62.3. The average Bonchev–Trinajstić information content (AvgIpc) is 3.58. The zero-order valence-corrected chi connectivity index (χ0v) is 62.3. The first-order valence-corrected chi connectivity index (χ1v) is 39.3. The van der Waals surface area contributed by atoms with Crippen molar-refractivity contribution in [1.29, 1.82) is 0 Å². The Morgan fingerprint density at radius 2 is 0.568 bits per heavy atom. The molecule has 95 heavy (non-hydrogen) atoms. The minimum atomic E-state index is -1.63. The molecule has 544 valence electrons. The Hall–Kier alpha value is -4.57. The molecule has 0 aromatic carbocycles. The standard InChI is InChI=1S/C86H147NO8/c1-6-8-10-12-14-16-18-20-22-24-26-28-30-32-34-36-38-40-42-44-46-48-50-52-54-56-58-60-62-64-66-68-70-72-74-76-83(88)93-80-82(81-94-86(85(90)91)92-79-78-87(3,4)5)95-84(89)77-75-73-71-69-67-65-63-61-59-57-55-53-51-49-47-45-43-41-39-37-35-33-31-29-27-25-23-21-19-17-15-13-11-9-7-2/h8-11,14-17,20-23,26-29,33,35,39,41,45,47,82,86H,6-7,12-13,18-19,24-25,30-32,34,36-38,40,42-44,46,48-81H2,1-5H3/b10-8-,11-9-,16-14-,17-15-,22-20-,23-21-,28-26-,29-27-,35-33-,41-39-,47-45-. The van der Waals surface area contributed by atoms with Crippen LogP contribution in [-0.2, 0) is 33.3 Å². The summed E-state index contributed by atoms with van der Waals surface area (Å²) in [5, 5.41) is 11.9. The summed E-state index contributed by atoms with van der Waals surface area (Å²) in [6, 6.07) is 0. The van der Waals surface area contributed by atoms with E-state index < -0.39 is 24.3 Å². The summed E-state index contributed by atoms with van der Waals surface area (Å²) in [4.78, 5) is 37.6. The largest absolute Gasteiger partial charge is 0.545 e. The van der Waals surface area contributed by atoms with E-state index in [0.717, 1.165) is 109 Å². The van der Waals surface area contributed by atoms with E-state index in [1.807, 2.05) is 21.1 Å². The predicted octanol–water partition coefficient (Wildman–Crippen LogP) is 23.9. The number of esters is 2. The maximum atomic E-state index is 13.0. The number of hydrogen-bond acceptors (Lipinski definition) is 8. The Bertz CT molecular complexity index is 2030. The predicted molar refractivity (Wildman–Crippen MR) is 407 cm³/mol. The number of aliphatic carboxylic acids is 1. The summed E-state index contributed by atoms with van der Waals surface area (Å²) in [5.41, 5.74) is 0. The summed E-state index contributed by atoms with van der Waals surface area (Å²) < 4.78 is 22.9. The first kappa shape index (κ1) is 90.4. The van der Waals surface area contributed by atoms with Crippen molar-refractivity contribution in [1.82, 2.24) is 0 Å². The number of nitrogens with zero attached hydrogens (tertiary/aromatic N) is 1. The van der Waals surface area contributed by atoms with Crippen LogP contribution in [0.4, 0.5) is 0 Å². The molecule has 0 bridgehead atoms. The molecule has 2 unspecified atom stereocenters. The summed E-state index contributed by atoms with van der Waals surface area (Å²) in [6.45, 7) is 4.55. The Morgan fingerprint density at radius 3 is 0.842 bits per heavy atom. The number of carbonyl (C=O) groups is 3. The van der Waals surface area contributed by atoms with E-state index >= 15 is 0 Å². The zero-order chi connectivity index (χ0) is 69.0. The highest BCUT2D eigenvalue weighted by Gasteiger charge is 2.22. The number of hydrogen-bond donors (Lipinski definition) is 0. The third kappa shape index (κ3) is 76.7. The smallest absolute Gasteiger partial charge is 0.306 e. The molecule has 0 aromatic heterocycles. The molecule has 2 atom stereocenters. The van der Waals surface area contributed by atoms with Gasteiger partial charge in [0, 0.05) is 12.8 Å². The van der Waals surface area contributed by atoms with E-state index in [-0.39, 0.29) is 32.2 Å². The Labute approximate surface area is 586 Å². The molecule has 0 saturated carbocycles. The Balaban J connectivity index is 4.04. The van der Waals surface area contributed by atoms with Gasteiger partial charge in [0.05, 0.1) is 40.3 Å². The molecule has 0 aliphatic carbocycles. The summed E-state index contributed by atoms with van der Waals surface area (Å²) >= 11 is 0. The lowest BCUT2D eigenvalue weighted by Crippen LogP contribution is -2.44. The molecule has 0 aromatic rings. The second kappa shape index (κ2) is 75.2. The molecule has 9 nitrogen and oxygen atoms in total. The fourth-order valence-corrected chi connectivity index (χ4v) is 11.0. The fraction of sp³-hybridized carbons (Fsp3) is 0.709. The fourth-order valence-electron chi connectivity index (χ4n) is 11.0. The highest BCUT2D eigenvalue weighted by molar-refractivity contribution is 5.70. The molecular weight excluding hydrogens is 1170 g/mol. The lowest BCUT2D eigenvalue weighted by Gasteiger charge is -2.26. The number of quaternary nitrogens is 1. The number of carboxylic acids is 1. The maximum Gasteiger partial charge on any atom is 0.306 e. The van der Waals surface area contributed by atoms with Crippen molar-refractivity contribution in [2.45, 2.75) is 347 Å². The molecule has 0 amide bonds. The van der Waals surface area contributed by atoms with E-state index in [1.165, 1.54) is 193 Å². The third-order valence-corrected chi connectivity index (χ3v) is 16.9. The summed E-state index contributed by atoms with van der Waals surface area (Å²) in [6.07, 6.45) is 106. The average molecular weight is 1320 g/mol. The van der Waals surface area contributed by atoms with Crippen LogP contribution >= 0.6 is 0 Å². The van der Waals surface area contributed by atoms with E-state index in [9.17, 15) is 19.5 Å². The first-order chi connectivity index (χ1) is 46.6. The second-order valence-corrected chi connectivity index (χ2v) is 27.2. The normalized spacial score (nSPS) is 13.4. The lowest BCUT2D eigenvalue weighted by atomic mass is 10.0. The maximum absolute atomic E-state index is 13.0. The highest BCUT2D eigenvalue weighted by Crippen LogP contribution is 2.18. The van der Waals surface area contributed by atoms with Crippen molar-refractivity contribution >= 4 is 17.9 Å². The van der Waals surface area contributed by atoms with Gasteiger partial charge in [0.2, 0.25) is 0 Å². The molecular formula is C86H147NO8. The van der Waals surface area contributed by atoms with Gasteiger partial charge in [-0.1, -0.05) is 347 Å². The van der Waals surface area contributed by atoms with Crippen molar-refractivity contribution < 1.29 is 42.9 Å². The number of ether oxygens (including phenoxy) is 4. The van der Waals surface area contributed by atoms with Gasteiger partial charge in [-0.25, -0.2) is 0 Å². The summed E-state index contributed by atoms with van der Waals surface area (Å²) in [5.74, 6) is -2.27. The third-order valence-electron chi connectivity index (χ3n) is 16.9. The van der Waals surface area contributed by atoms with Gasteiger partial charge in [-0.05, 0) is 109 Å². The van der Waals surface area contributed by atoms with Gasteiger partial charge in [0.1, 0.15) is 13.2 Å². The highest BCUT2D eigenvalue weighted by atomic mass is 16.7. The number of allylic oxidation sites excluding steroid dienone is 22. The van der Waals surface area contributed by atoms with Crippen LogP contribution in [-0.4, -0.2) is 82.3 Å². The van der Waals surface area contributed by atoms with Crippen molar-refractivity contribution in [3.8, 4) is 0 Å². The van der Waals surface area contributed by atoms with Gasteiger partial charge in [-0.3, -0.25) is 9.59 Å². The van der Waals surface area contributed by atoms with E-state index in [0.29, 0.717) is 23.9 Å². The van der Waals surface area contributed by atoms with Crippen LogP contribution in [0, 0.1) is 0 Å². The van der Waals surface area contributed by atoms with Crippen molar-refractivity contribution in [2.75, 3.05) is 47.5 Å². The molecule has 9 heteroatoms. The minimum absolute atomic E-state index is 0.144. The molecule has 0 heterocycles. The molecule has 0 rings (SSSR count). The van der Waals surface area contributed by atoms with Crippen molar-refractivity contribution in [3.63, 3.8) is 0 Å². The number of rotatable bonds is 72. The van der Waals surface area contributed by atoms with E-state index in [4.69, 9.17) is 18.9 Å². The van der Waals surface area contributed by atoms with Crippen molar-refractivity contribution in [2.24, 2.45) is 0 Å². The van der Waals surface area contributed by atoms with Crippen molar-refractivity contribution in [3.05, 3.63) is 134 Å². The van der Waals surface area contributed by atoms with Gasteiger partial charge in [0.15, 0.2) is 12.4 Å². The molecule has 0 saturated heterocycles. The lowest BCUT2D eigenvalue weighted by molar-refractivity contribution is -0.870. The monoisotopic (exact) mass is 1320 g/mol. The number of carboxylic acid groups (broad SMARTS) is 1. The van der Waals surface area contributed by atoms with Crippen LogP contribution in [0.2, 0.25) is 0 Å². The van der Waals surface area contributed by atoms with Gasteiger partial charge in [-0.15, -0.1) is 0 Å². The van der Waals surface area contributed by atoms with Crippen LogP contribution in [0.5, 0.6) is 0 Å². The van der Waals surface area contributed by atoms with Crippen LogP contribution in [0.3, 0.4) is 0 Å². The van der Waals surface area contributed by atoms with E-state index in [1.54, 1.807) is 0 Å². The van der Waals surface area contributed by atoms with Crippen LogP contribution in [0.1, 0.15) is 335 Å². The van der Waals surface area contributed by atoms with Gasteiger partial charge in [-0.2, -0.15) is 0 Å². The Morgan fingerprint density at radius 1 is 0.316 bits per heavy atom. The molecule has 0 N–H and O–H groups in total. The molecule has 0 radical (unpaired) electrons. The van der Waals surface area contributed by atoms with Crippen LogP contribution in [0.25, 0.3) is 0 Å². The first-order valence-electron chi connectivity index (χ1n) is 39.3. The topological polar surface area (TPSA) is 111 Å². The summed E-state index contributed by atoms with van der Waals surface area (Å²) in [7, 11) is 5.94. The molecule has 0 spiro atoms. The quantitative estimate of drug-likeness (QED) is 0.0195. The van der Waals surface area contributed by atoms with Crippen LogP contribution < -0.4 is 5.11 Å². The number of unbranched alkanes of at least 4 members (excludes halogenated alkanes) is 35. The second-order valence-electron chi connectivity index (χ2n) is 27.2. The molecule has 0 aliphatic rings. The number of likely N-dealkylation sites (N-methyl/N-ethyl adjacent to an activating group) is 1. The Kier molecular flexibility index (Phi) is 71.6. The molecule has 0 fully saturated rings. The minimum Gasteiger partial charge on any atom is -0.545 e. The van der Waals surface area contributed by atoms with Gasteiger partial charge in [0.25, 0.3) is 0 Å².